The number of hydrogen-bond donors (Lipinski definition) is 1. The van der Waals surface area contributed by atoms with Crippen LogP contribution in [-0.4, -0.2) is 19.7 Å². The zero-order valence-corrected chi connectivity index (χ0v) is 8.86. The van der Waals surface area contributed by atoms with Crippen LogP contribution >= 0.6 is 0 Å². The van der Waals surface area contributed by atoms with Crippen LogP contribution in [0.5, 0.6) is 5.75 Å². The zero-order valence-electron chi connectivity index (χ0n) is 8.86. The molecule has 0 aliphatic carbocycles. The Morgan fingerprint density at radius 3 is 3.07 bits per heavy atom. The van der Waals surface area contributed by atoms with Crippen molar-refractivity contribution in [3.8, 4) is 18.1 Å². The molecule has 2 atom stereocenters. The summed E-state index contributed by atoms with van der Waals surface area (Å²) in [7, 11) is 1.91. The van der Waals surface area contributed by atoms with E-state index in [1.54, 1.807) is 0 Å². The van der Waals surface area contributed by atoms with Gasteiger partial charge in [-0.15, -0.1) is 6.42 Å². The molecule has 2 heteroatoms. The Morgan fingerprint density at radius 2 is 2.33 bits per heavy atom. The van der Waals surface area contributed by atoms with Crippen molar-refractivity contribution in [1.29, 1.82) is 0 Å². The first-order valence-electron chi connectivity index (χ1n) is 5.22. The first kappa shape index (κ1) is 10.1. The normalized spacial score (nSPS) is 20.9. The third-order valence-corrected chi connectivity index (χ3v) is 2.90. The first-order chi connectivity index (χ1) is 7.36. The highest BCUT2D eigenvalue weighted by molar-refractivity contribution is 5.39. The van der Waals surface area contributed by atoms with Crippen LogP contribution in [0.1, 0.15) is 17.9 Å². The summed E-state index contributed by atoms with van der Waals surface area (Å²) in [6.45, 7) is 0.752. The fourth-order valence-electron chi connectivity index (χ4n) is 2.12. The summed E-state index contributed by atoms with van der Waals surface area (Å²) in [6, 6.07) is 8.22. The number of ether oxygens (including phenoxy) is 1. The summed E-state index contributed by atoms with van der Waals surface area (Å²) in [5.41, 5.74) is 1.22. The Hall–Kier alpha value is -1.46. The van der Waals surface area contributed by atoms with E-state index in [9.17, 15) is 0 Å². The van der Waals surface area contributed by atoms with Crippen molar-refractivity contribution in [2.45, 2.75) is 18.4 Å². The molecular weight excluding hydrogens is 186 g/mol. The Kier molecular flexibility index (Phi) is 2.94. The van der Waals surface area contributed by atoms with Crippen molar-refractivity contribution in [3.63, 3.8) is 0 Å². The van der Waals surface area contributed by atoms with Gasteiger partial charge in [0.15, 0.2) is 0 Å². The van der Waals surface area contributed by atoms with Gasteiger partial charge in [-0.2, -0.15) is 0 Å². The smallest absolute Gasteiger partial charge is 0.122 e. The van der Waals surface area contributed by atoms with Crippen LogP contribution in [0.2, 0.25) is 0 Å². The Balaban J connectivity index is 2.34. The largest absolute Gasteiger partial charge is 0.493 e. The van der Waals surface area contributed by atoms with E-state index < -0.39 is 0 Å². The van der Waals surface area contributed by atoms with E-state index in [-0.39, 0.29) is 6.04 Å². The third-order valence-electron chi connectivity index (χ3n) is 2.90. The minimum absolute atomic E-state index is 0.0926. The van der Waals surface area contributed by atoms with Gasteiger partial charge in [0.05, 0.1) is 12.6 Å². The van der Waals surface area contributed by atoms with Crippen molar-refractivity contribution in [2.75, 3.05) is 13.7 Å². The number of benzene rings is 1. The molecule has 0 amide bonds. The third kappa shape index (κ3) is 1.84. The minimum atomic E-state index is 0.0926. The lowest BCUT2D eigenvalue weighted by molar-refractivity contribution is 0.258. The molecule has 78 valence electrons. The lowest BCUT2D eigenvalue weighted by Gasteiger charge is -2.29. The molecule has 0 saturated heterocycles. The lowest BCUT2D eigenvalue weighted by atomic mass is 9.87. The molecule has 15 heavy (non-hydrogen) atoms. The maximum atomic E-state index is 5.60. The van der Waals surface area contributed by atoms with Crippen LogP contribution < -0.4 is 10.1 Å². The topological polar surface area (TPSA) is 21.3 Å². The average molecular weight is 201 g/mol. The average Bonchev–Trinajstić information content (AvgIpc) is 2.31. The predicted molar refractivity (Wildman–Crippen MR) is 61.0 cm³/mol. The van der Waals surface area contributed by atoms with Gasteiger partial charge in [-0.05, 0) is 25.1 Å². The van der Waals surface area contributed by atoms with Crippen LogP contribution in [0.25, 0.3) is 0 Å². The van der Waals surface area contributed by atoms with E-state index in [0.717, 1.165) is 18.8 Å². The van der Waals surface area contributed by atoms with E-state index in [1.807, 2.05) is 25.2 Å². The van der Waals surface area contributed by atoms with Gasteiger partial charge in [0.25, 0.3) is 0 Å². The molecule has 1 heterocycles. The van der Waals surface area contributed by atoms with Crippen LogP contribution in [-0.2, 0) is 0 Å². The number of terminal acetylenes is 1. The number of nitrogens with one attached hydrogen (secondary N) is 1. The molecule has 0 fully saturated rings. The quantitative estimate of drug-likeness (QED) is 0.736. The molecule has 0 saturated carbocycles. The van der Waals surface area contributed by atoms with E-state index in [4.69, 9.17) is 11.2 Å². The van der Waals surface area contributed by atoms with Crippen molar-refractivity contribution in [3.05, 3.63) is 29.8 Å². The number of likely N-dealkylation sites (N-methyl/N-ethyl adjacent to an activating group) is 1. The second-order valence-corrected chi connectivity index (χ2v) is 3.71. The van der Waals surface area contributed by atoms with Gasteiger partial charge in [0.1, 0.15) is 5.75 Å². The highest BCUT2D eigenvalue weighted by Crippen LogP contribution is 2.35. The van der Waals surface area contributed by atoms with E-state index in [0.29, 0.717) is 5.92 Å². The maximum absolute atomic E-state index is 5.60. The van der Waals surface area contributed by atoms with E-state index in [2.05, 4.69) is 17.3 Å². The Labute approximate surface area is 90.6 Å². The number of hydrogen-bond acceptors (Lipinski definition) is 2. The summed E-state index contributed by atoms with van der Waals surface area (Å²) in [5, 5.41) is 3.17. The second-order valence-electron chi connectivity index (χ2n) is 3.71. The van der Waals surface area contributed by atoms with Gasteiger partial charge in [0, 0.05) is 5.92 Å². The molecule has 2 rings (SSSR count). The molecule has 1 aliphatic rings. The van der Waals surface area contributed by atoms with Crippen LogP contribution in [0.15, 0.2) is 24.3 Å². The molecule has 0 bridgehead atoms. The molecular formula is C13H15NO. The van der Waals surface area contributed by atoms with Crippen molar-refractivity contribution < 1.29 is 4.74 Å². The maximum Gasteiger partial charge on any atom is 0.122 e. The Bertz CT molecular complexity index is 380. The highest BCUT2D eigenvalue weighted by Gasteiger charge is 2.26. The zero-order chi connectivity index (χ0) is 10.7. The van der Waals surface area contributed by atoms with Gasteiger partial charge in [-0.1, -0.05) is 24.1 Å². The fourth-order valence-corrected chi connectivity index (χ4v) is 2.12. The SMILES string of the molecule is C#CC(NC)C1CCOc2ccccc21. The molecule has 0 spiro atoms. The van der Waals surface area contributed by atoms with Gasteiger partial charge in [0.2, 0.25) is 0 Å². The molecule has 1 aromatic carbocycles. The minimum Gasteiger partial charge on any atom is -0.493 e. The summed E-state index contributed by atoms with van der Waals surface area (Å²) in [6.07, 6.45) is 6.50. The summed E-state index contributed by atoms with van der Waals surface area (Å²) in [5.74, 6) is 4.14. The van der Waals surface area contributed by atoms with Crippen LogP contribution in [0, 0.1) is 12.3 Å². The second kappa shape index (κ2) is 4.37. The molecule has 1 aromatic rings. The molecule has 2 nitrogen and oxygen atoms in total. The predicted octanol–water partition coefficient (Wildman–Crippen LogP) is 1.77. The first-order valence-corrected chi connectivity index (χ1v) is 5.22. The van der Waals surface area contributed by atoms with E-state index in [1.165, 1.54) is 5.56 Å². The lowest BCUT2D eigenvalue weighted by Crippen LogP contribution is -2.33. The van der Waals surface area contributed by atoms with Crippen molar-refractivity contribution in [2.24, 2.45) is 0 Å². The van der Waals surface area contributed by atoms with Gasteiger partial charge in [-0.25, -0.2) is 0 Å². The Morgan fingerprint density at radius 1 is 1.53 bits per heavy atom. The number of fused-ring (bicyclic) bond motifs is 1. The molecule has 2 unspecified atom stereocenters. The fraction of sp³-hybridized carbons (Fsp3) is 0.385. The highest BCUT2D eigenvalue weighted by atomic mass is 16.5. The molecule has 0 aromatic heterocycles. The van der Waals surface area contributed by atoms with Gasteiger partial charge >= 0.3 is 0 Å². The summed E-state index contributed by atoms with van der Waals surface area (Å²) >= 11 is 0. The van der Waals surface area contributed by atoms with Gasteiger partial charge < -0.3 is 10.1 Å². The van der Waals surface area contributed by atoms with Gasteiger partial charge in [-0.3, -0.25) is 0 Å². The van der Waals surface area contributed by atoms with Crippen LogP contribution in [0.3, 0.4) is 0 Å². The standard InChI is InChI=1S/C13H15NO/c1-3-12(14-2)10-8-9-15-13-7-5-4-6-11(10)13/h1,4-7,10,12,14H,8-9H2,2H3. The van der Waals surface area contributed by atoms with Crippen molar-refractivity contribution >= 4 is 0 Å². The van der Waals surface area contributed by atoms with E-state index >= 15 is 0 Å². The molecule has 1 aliphatic heterocycles. The summed E-state index contributed by atoms with van der Waals surface area (Å²) < 4.78 is 5.60. The van der Waals surface area contributed by atoms with Crippen molar-refractivity contribution in [1.82, 2.24) is 5.32 Å². The molecule has 1 N–H and O–H groups in total. The van der Waals surface area contributed by atoms with Crippen LogP contribution in [0.4, 0.5) is 0 Å². The monoisotopic (exact) mass is 201 g/mol. The number of para-hydroxylation sites is 1. The summed E-state index contributed by atoms with van der Waals surface area (Å²) in [4.78, 5) is 0. The number of rotatable bonds is 2. The molecule has 0 radical (unpaired) electrons.